The van der Waals surface area contributed by atoms with Crippen molar-refractivity contribution in [1.82, 2.24) is 14.8 Å². The molecule has 0 unspecified atom stereocenters. The van der Waals surface area contributed by atoms with Crippen LogP contribution in [0.25, 0.3) is 22.0 Å². The van der Waals surface area contributed by atoms with Crippen LogP contribution in [-0.2, 0) is 18.2 Å². The van der Waals surface area contributed by atoms with Crippen LogP contribution >= 0.6 is 23.2 Å². The Morgan fingerprint density at radius 3 is 2.39 bits per heavy atom. The maximum Gasteiger partial charge on any atom is 0.355 e. The Labute approximate surface area is 221 Å². The number of hydrogen-bond acceptors (Lipinski definition) is 4. The molecule has 4 aromatic rings. The summed E-state index contributed by atoms with van der Waals surface area (Å²) in [5, 5.41) is 6.82. The summed E-state index contributed by atoms with van der Waals surface area (Å²) in [5.41, 5.74) is 7.98. The highest BCUT2D eigenvalue weighted by Gasteiger charge is 2.23. The first-order chi connectivity index (χ1) is 17.1. The lowest BCUT2D eigenvalue weighted by Gasteiger charge is -2.10. The van der Waals surface area contributed by atoms with Gasteiger partial charge in [0, 0.05) is 39.3 Å². The molecule has 1 N–H and O–H groups in total. The third kappa shape index (κ3) is 4.97. The summed E-state index contributed by atoms with van der Waals surface area (Å²) in [5.74, 6) is 0.405. The molecule has 2 aromatic heterocycles. The molecule has 0 radical (unpaired) electrons. The first-order valence-corrected chi connectivity index (χ1v) is 12.8. The number of carbonyl (C=O) groups is 1. The van der Waals surface area contributed by atoms with Crippen molar-refractivity contribution in [2.24, 2.45) is 7.05 Å². The van der Waals surface area contributed by atoms with E-state index in [1.807, 2.05) is 63.7 Å². The third-order valence-corrected chi connectivity index (χ3v) is 7.30. The molecular formula is C28H31Cl2N3O3. The minimum absolute atomic E-state index is 0.292. The number of rotatable bonds is 8. The summed E-state index contributed by atoms with van der Waals surface area (Å²) in [6, 6.07) is 7.71. The largest absolute Gasteiger partial charge is 0.494 e. The van der Waals surface area contributed by atoms with Crippen molar-refractivity contribution in [2.45, 2.75) is 47.5 Å². The number of nitrogens with zero attached hydrogens (tertiary/aromatic N) is 2. The standard InChI is InChI=1S/C28H31Cl2N3O3/c1-7-35-28(34)27-21(9-8-10-36-20-11-15(2)25(30)16(3)12-20)22-13-19(29)14-23(26(22)31-27)24-17(4)32-33(6)18(24)5/h11-14,31H,7-10H2,1-6H3. The SMILES string of the molecule is CCOC(=O)c1[nH]c2c(-c3c(C)nn(C)c3C)cc(Cl)cc2c1CCCOc1cc(C)c(Cl)c(C)c1. The van der Waals surface area contributed by atoms with Gasteiger partial charge in [-0.15, -0.1) is 0 Å². The molecule has 2 aromatic carbocycles. The van der Waals surface area contributed by atoms with E-state index in [0.29, 0.717) is 36.8 Å². The van der Waals surface area contributed by atoms with Gasteiger partial charge in [-0.3, -0.25) is 4.68 Å². The highest BCUT2D eigenvalue weighted by molar-refractivity contribution is 6.32. The maximum atomic E-state index is 12.9. The zero-order valence-corrected chi connectivity index (χ0v) is 23.0. The molecule has 0 aliphatic rings. The summed E-state index contributed by atoms with van der Waals surface area (Å²) < 4.78 is 13.2. The topological polar surface area (TPSA) is 69.1 Å². The van der Waals surface area contributed by atoms with Crippen LogP contribution in [0.2, 0.25) is 10.0 Å². The number of aromatic amines is 1. The number of nitrogens with one attached hydrogen (secondary N) is 1. The molecule has 0 fully saturated rings. The molecule has 190 valence electrons. The van der Waals surface area contributed by atoms with Crippen molar-refractivity contribution in [1.29, 1.82) is 0 Å². The number of carbonyl (C=O) groups excluding carboxylic acids is 1. The average Bonchev–Trinajstić information content (AvgIpc) is 3.30. The van der Waals surface area contributed by atoms with Gasteiger partial charge in [0.15, 0.2) is 0 Å². The first-order valence-electron chi connectivity index (χ1n) is 12.0. The van der Waals surface area contributed by atoms with Gasteiger partial charge in [-0.05, 0) is 88.4 Å². The smallest absolute Gasteiger partial charge is 0.355 e. The predicted octanol–water partition coefficient (Wildman–Crippen LogP) is 7.30. The van der Waals surface area contributed by atoms with Gasteiger partial charge in [0.1, 0.15) is 11.4 Å². The number of H-pyrrole nitrogens is 1. The highest BCUT2D eigenvalue weighted by atomic mass is 35.5. The van der Waals surface area contributed by atoms with Crippen LogP contribution in [0.3, 0.4) is 0 Å². The van der Waals surface area contributed by atoms with E-state index in [9.17, 15) is 4.79 Å². The van der Waals surface area contributed by atoms with E-state index < -0.39 is 0 Å². The van der Waals surface area contributed by atoms with Gasteiger partial charge < -0.3 is 14.5 Å². The van der Waals surface area contributed by atoms with Crippen LogP contribution in [-0.4, -0.2) is 33.9 Å². The number of benzene rings is 2. The van der Waals surface area contributed by atoms with E-state index in [2.05, 4.69) is 10.1 Å². The Hall–Kier alpha value is -2.96. The summed E-state index contributed by atoms with van der Waals surface area (Å²) in [6.45, 7) is 10.5. The number of ether oxygens (including phenoxy) is 2. The number of halogens is 2. The molecule has 0 bridgehead atoms. The molecule has 0 amide bonds. The molecule has 36 heavy (non-hydrogen) atoms. The molecule has 2 heterocycles. The van der Waals surface area contributed by atoms with E-state index >= 15 is 0 Å². The molecule has 0 saturated heterocycles. The zero-order valence-electron chi connectivity index (χ0n) is 21.5. The number of fused-ring (bicyclic) bond motifs is 1. The van der Waals surface area contributed by atoms with Crippen LogP contribution in [0.15, 0.2) is 24.3 Å². The van der Waals surface area contributed by atoms with E-state index in [-0.39, 0.29) is 5.97 Å². The molecule has 8 heteroatoms. The van der Waals surface area contributed by atoms with Crippen LogP contribution in [0.5, 0.6) is 5.75 Å². The first kappa shape index (κ1) is 26.1. The zero-order chi connectivity index (χ0) is 26.1. The summed E-state index contributed by atoms with van der Waals surface area (Å²) >= 11 is 12.9. The fraction of sp³-hybridized carbons (Fsp3) is 0.357. The lowest BCUT2D eigenvalue weighted by atomic mass is 9.98. The monoisotopic (exact) mass is 527 g/mol. The maximum absolute atomic E-state index is 12.9. The van der Waals surface area contributed by atoms with Crippen LogP contribution in [0, 0.1) is 27.7 Å². The molecule has 4 rings (SSSR count). The fourth-order valence-electron chi connectivity index (χ4n) is 4.74. The fourth-order valence-corrected chi connectivity index (χ4v) is 5.07. The van der Waals surface area contributed by atoms with Crippen molar-refractivity contribution in [2.75, 3.05) is 13.2 Å². The Kier molecular flexibility index (Phi) is 7.67. The lowest BCUT2D eigenvalue weighted by molar-refractivity contribution is 0.0519. The van der Waals surface area contributed by atoms with Gasteiger partial charge in [0.25, 0.3) is 0 Å². The Morgan fingerprint density at radius 2 is 1.78 bits per heavy atom. The second kappa shape index (κ2) is 10.6. The second-order valence-corrected chi connectivity index (χ2v) is 9.88. The van der Waals surface area contributed by atoms with Crippen molar-refractivity contribution < 1.29 is 14.3 Å². The Bertz CT molecular complexity index is 1430. The quantitative estimate of drug-likeness (QED) is 0.193. The van der Waals surface area contributed by atoms with Crippen molar-refractivity contribution in [3.63, 3.8) is 0 Å². The molecule has 0 aliphatic carbocycles. The molecule has 0 saturated carbocycles. The van der Waals surface area contributed by atoms with Crippen molar-refractivity contribution >= 4 is 40.1 Å². The Morgan fingerprint density at radius 1 is 1.08 bits per heavy atom. The predicted molar refractivity (Wildman–Crippen MR) is 146 cm³/mol. The minimum atomic E-state index is -0.379. The molecular weight excluding hydrogens is 497 g/mol. The van der Waals surface area contributed by atoms with Crippen LogP contribution in [0.1, 0.15) is 51.9 Å². The van der Waals surface area contributed by atoms with Crippen LogP contribution in [0.4, 0.5) is 0 Å². The number of aryl methyl sites for hydroxylation is 5. The van der Waals surface area contributed by atoms with Gasteiger partial charge in [0.2, 0.25) is 0 Å². The molecule has 0 spiro atoms. The molecule has 0 atom stereocenters. The van der Waals surface area contributed by atoms with Crippen LogP contribution < -0.4 is 4.74 Å². The second-order valence-electron chi connectivity index (χ2n) is 9.07. The summed E-state index contributed by atoms with van der Waals surface area (Å²) in [4.78, 5) is 16.3. The lowest BCUT2D eigenvalue weighted by Crippen LogP contribution is -2.09. The van der Waals surface area contributed by atoms with E-state index in [4.69, 9.17) is 32.7 Å². The Balaban J connectivity index is 1.70. The van der Waals surface area contributed by atoms with Gasteiger partial charge in [-0.25, -0.2) is 4.79 Å². The summed E-state index contributed by atoms with van der Waals surface area (Å²) in [7, 11) is 1.92. The van der Waals surface area contributed by atoms with Gasteiger partial charge in [0.05, 0.1) is 24.4 Å². The third-order valence-electron chi connectivity index (χ3n) is 6.49. The van der Waals surface area contributed by atoms with E-state index in [0.717, 1.165) is 60.9 Å². The van der Waals surface area contributed by atoms with Crippen molar-refractivity contribution in [3.05, 3.63) is 68.1 Å². The minimum Gasteiger partial charge on any atom is -0.494 e. The summed E-state index contributed by atoms with van der Waals surface area (Å²) in [6.07, 6.45) is 1.32. The van der Waals surface area contributed by atoms with Gasteiger partial charge in [-0.2, -0.15) is 5.10 Å². The number of aromatic nitrogens is 3. The van der Waals surface area contributed by atoms with Gasteiger partial charge >= 0.3 is 5.97 Å². The van der Waals surface area contributed by atoms with Crippen molar-refractivity contribution in [3.8, 4) is 16.9 Å². The van der Waals surface area contributed by atoms with Gasteiger partial charge in [-0.1, -0.05) is 23.2 Å². The molecule has 6 nitrogen and oxygen atoms in total. The average molecular weight is 528 g/mol. The van der Waals surface area contributed by atoms with E-state index in [1.54, 1.807) is 6.92 Å². The normalized spacial score (nSPS) is 11.3. The molecule has 0 aliphatic heterocycles. The number of esters is 1. The van der Waals surface area contributed by atoms with E-state index in [1.165, 1.54) is 0 Å². The number of hydrogen-bond donors (Lipinski definition) is 1. The highest BCUT2D eigenvalue weighted by Crippen LogP contribution is 2.38.